The Kier molecular flexibility index (Phi) is 4.86. The number of nitriles is 1. The molecule has 8 heteroatoms. The molecule has 0 saturated carbocycles. The van der Waals surface area contributed by atoms with Crippen molar-refractivity contribution in [1.82, 2.24) is 5.32 Å². The molecule has 0 bridgehead atoms. The van der Waals surface area contributed by atoms with Gasteiger partial charge in [0.15, 0.2) is 6.61 Å². The first-order valence-corrected chi connectivity index (χ1v) is 6.79. The molecule has 0 aliphatic carbocycles. The standard InChI is InChI=1S/C11H13N3O4S/c1-8-6-9(2-3-10(8)19(13,16)17)18-7-11(15)14-5-4-12/h2-3,6H,5,7H2,1H3,(H,14,15)(H2,13,16,17). The van der Waals surface area contributed by atoms with Crippen LogP contribution in [0.15, 0.2) is 23.1 Å². The summed E-state index contributed by atoms with van der Waals surface area (Å²) in [6.45, 7) is 1.23. The van der Waals surface area contributed by atoms with E-state index in [0.717, 1.165) is 0 Å². The highest BCUT2D eigenvalue weighted by Gasteiger charge is 2.12. The van der Waals surface area contributed by atoms with E-state index in [1.807, 2.05) is 0 Å². The van der Waals surface area contributed by atoms with Crippen LogP contribution in [0.2, 0.25) is 0 Å². The molecule has 0 spiro atoms. The summed E-state index contributed by atoms with van der Waals surface area (Å²) >= 11 is 0. The number of nitrogens with one attached hydrogen (secondary N) is 1. The van der Waals surface area contributed by atoms with Gasteiger partial charge in [0.2, 0.25) is 10.0 Å². The van der Waals surface area contributed by atoms with Crippen LogP contribution in [0, 0.1) is 18.3 Å². The van der Waals surface area contributed by atoms with Gasteiger partial charge < -0.3 is 10.1 Å². The quantitative estimate of drug-likeness (QED) is 0.716. The van der Waals surface area contributed by atoms with Crippen LogP contribution in [0.5, 0.6) is 5.75 Å². The highest BCUT2D eigenvalue weighted by atomic mass is 32.2. The molecule has 0 unspecified atom stereocenters. The van der Waals surface area contributed by atoms with Crippen molar-refractivity contribution in [3.05, 3.63) is 23.8 Å². The maximum atomic E-state index is 11.2. The topological polar surface area (TPSA) is 122 Å². The van der Waals surface area contributed by atoms with Gasteiger partial charge in [-0.15, -0.1) is 0 Å². The van der Waals surface area contributed by atoms with Gasteiger partial charge in [-0.25, -0.2) is 13.6 Å². The fourth-order valence-electron chi connectivity index (χ4n) is 1.37. The van der Waals surface area contributed by atoms with Gasteiger partial charge in [-0.1, -0.05) is 0 Å². The first-order valence-electron chi connectivity index (χ1n) is 5.24. The Hall–Kier alpha value is -2.11. The first-order chi connectivity index (χ1) is 8.84. The van der Waals surface area contributed by atoms with E-state index in [2.05, 4.69) is 5.32 Å². The van der Waals surface area contributed by atoms with E-state index in [0.29, 0.717) is 11.3 Å². The lowest BCUT2D eigenvalue weighted by Gasteiger charge is -2.08. The molecule has 0 aliphatic heterocycles. The second-order valence-corrected chi connectivity index (χ2v) is 5.23. The Bertz CT molecular complexity index is 619. The molecule has 1 aromatic rings. The number of amides is 1. The summed E-state index contributed by atoms with van der Waals surface area (Å²) in [5, 5.41) is 15.6. The summed E-state index contributed by atoms with van der Waals surface area (Å²) in [5.74, 6) is -0.0910. The monoisotopic (exact) mass is 283 g/mol. The summed E-state index contributed by atoms with van der Waals surface area (Å²) in [5.41, 5.74) is 0.428. The number of carbonyl (C=O) groups excluding carboxylic acids is 1. The zero-order valence-corrected chi connectivity index (χ0v) is 11.0. The fourth-order valence-corrected chi connectivity index (χ4v) is 2.13. The minimum absolute atomic E-state index is 0.00813. The second kappa shape index (κ2) is 6.17. The Labute approximate surface area is 111 Å². The highest BCUT2D eigenvalue weighted by molar-refractivity contribution is 7.89. The van der Waals surface area contributed by atoms with Crippen LogP contribution in [0.1, 0.15) is 5.56 Å². The molecule has 7 nitrogen and oxygen atoms in total. The van der Waals surface area contributed by atoms with Crippen molar-refractivity contribution < 1.29 is 17.9 Å². The summed E-state index contributed by atoms with van der Waals surface area (Å²) < 4.78 is 27.5. The maximum absolute atomic E-state index is 11.2. The van der Waals surface area contributed by atoms with E-state index < -0.39 is 15.9 Å². The third-order valence-corrected chi connectivity index (χ3v) is 3.26. The molecular weight excluding hydrogens is 270 g/mol. The maximum Gasteiger partial charge on any atom is 0.258 e. The SMILES string of the molecule is Cc1cc(OCC(=O)NCC#N)ccc1S(N)(=O)=O. The van der Waals surface area contributed by atoms with Crippen LogP contribution < -0.4 is 15.2 Å². The molecule has 0 radical (unpaired) electrons. The number of hydrogen-bond acceptors (Lipinski definition) is 5. The lowest BCUT2D eigenvalue weighted by Crippen LogP contribution is -2.29. The first kappa shape index (κ1) is 14.9. The van der Waals surface area contributed by atoms with Gasteiger partial charge >= 0.3 is 0 Å². The average Bonchev–Trinajstić information content (AvgIpc) is 2.32. The van der Waals surface area contributed by atoms with E-state index in [1.165, 1.54) is 18.2 Å². The number of aryl methyl sites for hydroxylation is 1. The average molecular weight is 283 g/mol. The van der Waals surface area contributed by atoms with Crippen molar-refractivity contribution >= 4 is 15.9 Å². The van der Waals surface area contributed by atoms with Gasteiger partial charge in [0, 0.05) is 0 Å². The van der Waals surface area contributed by atoms with E-state index in [1.54, 1.807) is 13.0 Å². The van der Waals surface area contributed by atoms with Crippen molar-refractivity contribution in [1.29, 1.82) is 5.26 Å². The Morgan fingerprint density at radius 3 is 2.74 bits per heavy atom. The van der Waals surface area contributed by atoms with Crippen molar-refractivity contribution in [2.75, 3.05) is 13.2 Å². The van der Waals surface area contributed by atoms with Crippen LogP contribution in [-0.2, 0) is 14.8 Å². The predicted molar refractivity (Wildman–Crippen MR) is 66.7 cm³/mol. The minimum Gasteiger partial charge on any atom is -0.484 e. The smallest absolute Gasteiger partial charge is 0.258 e. The molecular formula is C11H13N3O4S. The molecule has 1 amide bonds. The van der Waals surface area contributed by atoms with Gasteiger partial charge in [0.25, 0.3) is 5.91 Å². The van der Waals surface area contributed by atoms with Crippen LogP contribution >= 0.6 is 0 Å². The molecule has 3 N–H and O–H groups in total. The molecule has 0 atom stereocenters. The number of primary sulfonamides is 1. The largest absolute Gasteiger partial charge is 0.484 e. The molecule has 0 aromatic heterocycles. The summed E-state index contributed by atoms with van der Waals surface area (Å²) in [6.07, 6.45) is 0. The zero-order valence-electron chi connectivity index (χ0n) is 10.2. The van der Waals surface area contributed by atoms with Gasteiger partial charge in [-0.05, 0) is 30.7 Å². The molecule has 1 rings (SSSR count). The summed E-state index contributed by atoms with van der Waals surface area (Å²) in [6, 6.07) is 5.95. The van der Waals surface area contributed by atoms with Crippen molar-refractivity contribution in [3.63, 3.8) is 0 Å². The Morgan fingerprint density at radius 1 is 1.53 bits per heavy atom. The lowest BCUT2D eigenvalue weighted by atomic mass is 10.2. The van der Waals surface area contributed by atoms with Crippen molar-refractivity contribution in [3.8, 4) is 11.8 Å². The number of sulfonamides is 1. The van der Waals surface area contributed by atoms with E-state index in [9.17, 15) is 13.2 Å². The summed E-state index contributed by atoms with van der Waals surface area (Å²) in [4.78, 5) is 11.2. The summed E-state index contributed by atoms with van der Waals surface area (Å²) in [7, 11) is -3.76. The number of nitrogens with two attached hydrogens (primary N) is 1. The fraction of sp³-hybridized carbons (Fsp3) is 0.273. The van der Waals surface area contributed by atoms with Crippen molar-refractivity contribution in [2.24, 2.45) is 5.14 Å². The van der Waals surface area contributed by atoms with E-state index >= 15 is 0 Å². The van der Waals surface area contributed by atoms with Gasteiger partial charge in [-0.3, -0.25) is 4.79 Å². The third-order valence-electron chi connectivity index (χ3n) is 2.19. The second-order valence-electron chi connectivity index (χ2n) is 3.70. The minimum atomic E-state index is -3.76. The lowest BCUT2D eigenvalue weighted by molar-refractivity contribution is -0.122. The Balaban J connectivity index is 2.70. The van der Waals surface area contributed by atoms with Gasteiger partial charge in [0.1, 0.15) is 12.3 Å². The van der Waals surface area contributed by atoms with Crippen LogP contribution in [0.3, 0.4) is 0 Å². The number of hydrogen-bond donors (Lipinski definition) is 2. The van der Waals surface area contributed by atoms with Crippen molar-refractivity contribution in [2.45, 2.75) is 11.8 Å². The number of carbonyl (C=O) groups is 1. The number of nitrogens with zero attached hydrogens (tertiary/aromatic N) is 1. The Morgan fingerprint density at radius 2 is 2.21 bits per heavy atom. The van der Waals surface area contributed by atoms with Gasteiger partial charge in [0.05, 0.1) is 11.0 Å². The van der Waals surface area contributed by atoms with Crippen LogP contribution in [0.25, 0.3) is 0 Å². The number of ether oxygens (including phenoxy) is 1. The molecule has 0 saturated heterocycles. The van der Waals surface area contributed by atoms with Crippen LogP contribution in [-0.4, -0.2) is 27.5 Å². The zero-order chi connectivity index (χ0) is 14.5. The molecule has 0 fully saturated rings. The number of benzene rings is 1. The molecule has 19 heavy (non-hydrogen) atoms. The van der Waals surface area contributed by atoms with Gasteiger partial charge in [-0.2, -0.15) is 5.26 Å². The van der Waals surface area contributed by atoms with E-state index in [4.69, 9.17) is 15.1 Å². The highest BCUT2D eigenvalue weighted by Crippen LogP contribution is 2.19. The third kappa shape index (κ3) is 4.57. The normalized spacial score (nSPS) is 10.6. The molecule has 0 heterocycles. The van der Waals surface area contributed by atoms with E-state index in [-0.39, 0.29) is 18.0 Å². The molecule has 0 aliphatic rings. The molecule has 1 aromatic carbocycles. The predicted octanol–water partition coefficient (Wildman–Crippen LogP) is -0.339. The molecule has 102 valence electrons. The van der Waals surface area contributed by atoms with Crippen LogP contribution in [0.4, 0.5) is 0 Å². The number of rotatable bonds is 5.